The van der Waals surface area contributed by atoms with E-state index in [9.17, 15) is 5.26 Å². The largest absolute Gasteiger partial charge is 0.344 e. The van der Waals surface area contributed by atoms with Gasteiger partial charge in [-0.3, -0.25) is 0 Å². The number of aryl methyl sites for hydroxylation is 1. The lowest BCUT2D eigenvalue weighted by Gasteiger charge is -2.26. The van der Waals surface area contributed by atoms with Gasteiger partial charge >= 0.3 is 0 Å². The van der Waals surface area contributed by atoms with Crippen LogP contribution in [-0.2, 0) is 13.0 Å². The monoisotopic (exact) mass is 343 g/mol. The molecule has 2 aliphatic heterocycles. The Morgan fingerprint density at radius 1 is 1.15 bits per heavy atom. The summed E-state index contributed by atoms with van der Waals surface area (Å²) in [7, 11) is 2.04. The lowest BCUT2D eigenvalue weighted by molar-refractivity contribution is 0.627. The van der Waals surface area contributed by atoms with Crippen molar-refractivity contribution in [3.8, 4) is 6.07 Å². The number of rotatable bonds is 2. The van der Waals surface area contributed by atoms with Gasteiger partial charge in [0.2, 0.25) is 0 Å². The van der Waals surface area contributed by atoms with Crippen LogP contribution in [0.4, 0.5) is 5.69 Å². The molecule has 0 bridgehead atoms. The normalized spacial score (nSPS) is 18.2. The lowest BCUT2D eigenvalue weighted by atomic mass is 10.1. The highest BCUT2D eigenvalue weighted by Crippen LogP contribution is 2.29. The molecule has 4 rings (SSSR count). The molecule has 0 radical (unpaired) electrons. The van der Waals surface area contributed by atoms with E-state index in [0.717, 1.165) is 43.0 Å². The predicted octanol–water partition coefficient (Wildman–Crippen LogP) is 3.96. The zero-order valence-electron chi connectivity index (χ0n) is 14.9. The third-order valence-electron chi connectivity index (χ3n) is 5.01. The molecule has 0 unspecified atom stereocenters. The van der Waals surface area contributed by atoms with E-state index in [1.165, 1.54) is 12.0 Å². The highest BCUT2D eigenvalue weighted by Gasteiger charge is 2.18. The molecular formula is C21H21N5. The summed E-state index contributed by atoms with van der Waals surface area (Å²) in [5, 5.41) is 18.3. The second-order valence-corrected chi connectivity index (χ2v) is 6.64. The van der Waals surface area contributed by atoms with Crippen LogP contribution in [0.5, 0.6) is 0 Å². The third-order valence-corrected chi connectivity index (χ3v) is 5.01. The summed E-state index contributed by atoms with van der Waals surface area (Å²) in [6.07, 6.45) is 12.4. The van der Waals surface area contributed by atoms with Crippen LogP contribution in [0.1, 0.15) is 36.5 Å². The highest BCUT2D eigenvalue weighted by atomic mass is 15.3. The summed E-state index contributed by atoms with van der Waals surface area (Å²) < 4.78 is 2.11. The first-order chi connectivity index (χ1) is 12.8. The Balaban J connectivity index is 1.67. The molecule has 0 amide bonds. The first-order valence-corrected chi connectivity index (χ1v) is 9.03. The van der Waals surface area contributed by atoms with E-state index in [4.69, 9.17) is 0 Å². The van der Waals surface area contributed by atoms with Gasteiger partial charge in [0.1, 0.15) is 11.9 Å². The van der Waals surface area contributed by atoms with Crippen molar-refractivity contribution in [1.29, 1.82) is 5.26 Å². The van der Waals surface area contributed by atoms with E-state index in [-0.39, 0.29) is 0 Å². The zero-order valence-corrected chi connectivity index (χ0v) is 14.9. The number of likely N-dealkylation sites (N-methyl/N-ethyl adjacent to an activating group) is 1. The fourth-order valence-corrected chi connectivity index (χ4v) is 3.54. The number of fused-ring (bicyclic) bond motifs is 2. The minimum Gasteiger partial charge on any atom is -0.344 e. The van der Waals surface area contributed by atoms with Crippen molar-refractivity contribution >= 4 is 17.3 Å². The van der Waals surface area contributed by atoms with Gasteiger partial charge in [-0.1, -0.05) is 30.7 Å². The first-order valence-electron chi connectivity index (χ1n) is 9.03. The third kappa shape index (κ3) is 2.95. The van der Waals surface area contributed by atoms with Gasteiger partial charge in [0, 0.05) is 31.4 Å². The summed E-state index contributed by atoms with van der Waals surface area (Å²) in [6.45, 7) is 0.889. The molecule has 5 heteroatoms. The number of allylic oxidation sites excluding steroid dienone is 4. The first kappa shape index (κ1) is 16.3. The quantitative estimate of drug-likeness (QED) is 0.775. The molecule has 3 heterocycles. The van der Waals surface area contributed by atoms with E-state index in [1.807, 2.05) is 31.3 Å². The van der Waals surface area contributed by atoms with Crippen LogP contribution in [0, 0.1) is 11.3 Å². The summed E-state index contributed by atoms with van der Waals surface area (Å²) in [4.78, 5) is 2.13. The van der Waals surface area contributed by atoms with Crippen molar-refractivity contribution in [1.82, 2.24) is 14.8 Å². The van der Waals surface area contributed by atoms with Crippen LogP contribution in [0.3, 0.4) is 0 Å². The maximum Gasteiger partial charge on any atom is 0.174 e. The van der Waals surface area contributed by atoms with Gasteiger partial charge in [-0.05, 0) is 42.7 Å². The molecule has 0 N–H and O–H groups in total. The summed E-state index contributed by atoms with van der Waals surface area (Å²) in [5.74, 6) is 1.68. The zero-order chi connectivity index (χ0) is 17.9. The molecule has 1 aromatic heterocycles. The Morgan fingerprint density at radius 2 is 2.04 bits per heavy atom. The topological polar surface area (TPSA) is 57.7 Å². The maximum atomic E-state index is 9.66. The molecule has 0 aliphatic carbocycles. The number of para-hydroxylation sites is 1. The maximum absolute atomic E-state index is 9.66. The molecule has 0 fully saturated rings. The van der Waals surface area contributed by atoms with Gasteiger partial charge in [0.05, 0.1) is 5.57 Å². The van der Waals surface area contributed by atoms with E-state index in [1.54, 1.807) is 0 Å². The van der Waals surface area contributed by atoms with Crippen molar-refractivity contribution in [2.24, 2.45) is 0 Å². The number of hydrogen-bond acceptors (Lipinski definition) is 4. The Bertz CT molecular complexity index is 955. The van der Waals surface area contributed by atoms with Gasteiger partial charge in [-0.25, -0.2) is 0 Å². The number of hydrogen-bond donors (Lipinski definition) is 0. The fraction of sp³-hybridized carbons (Fsp3) is 0.286. The molecule has 0 spiro atoms. The number of nitriles is 1. The standard InChI is InChI=1S/C21H21N5/c1-25-18(12-10-16-7-4-5-8-19(16)25)13-11-17(15-22)21-24-23-20-9-3-2-6-14-26(20)21/h4-5,7-8,10-13H,2-3,6,9,14H2,1H3/b17-11+,18-13+. The van der Waals surface area contributed by atoms with Crippen LogP contribution in [0.2, 0.25) is 0 Å². The average molecular weight is 343 g/mol. The second kappa shape index (κ2) is 7.01. The molecule has 1 aromatic carbocycles. The minimum atomic E-state index is 0.554. The average Bonchev–Trinajstić information content (AvgIpc) is 2.92. The second-order valence-electron chi connectivity index (χ2n) is 6.64. The molecule has 26 heavy (non-hydrogen) atoms. The SMILES string of the molecule is CN1/C(=C/C=C(\C#N)c2nnc3n2CCCCC3)C=Cc2ccccc21. The van der Waals surface area contributed by atoms with Crippen molar-refractivity contribution in [3.63, 3.8) is 0 Å². The number of anilines is 1. The summed E-state index contributed by atoms with van der Waals surface area (Å²) in [5.41, 5.74) is 3.94. The van der Waals surface area contributed by atoms with Crippen molar-refractivity contribution in [2.45, 2.75) is 32.2 Å². The molecule has 0 saturated heterocycles. The van der Waals surface area contributed by atoms with E-state index < -0.39 is 0 Å². The summed E-state index contributed by atoms with van der Waals surface area (Å²) >= 11 is 0. The molecular weight excluding hydrogens is 322 g/mol. The van der Waals surface area contributed by atoms with E-state index in [0.29, 0.717) is 11.4 Å². The van der Waals surface area contributed by atoms with Crippen LogP contribution in [-0.4, -0.2) is 21.8 Å². The molecule has 2 aromatic rings. The van der Waals surface area contributed by atoms with Gasteiger partial charge in [0.15, 0.2) is 5.82 Å². The van der Waals surface area contributed by atoms with E-state index >= 15 is 0 Å². The number of nitrogens with zero attached hydrogens (tertiary/aromatic N) is 5. The van der Waals surface area contributed by atoms with Crippen LogP contribution >= 0.6 is 0 Å². The van der Waals surface area contributed by atoms with Crippen molar-refractivity contribution in [2.75, 3.05) is 11.9 Å². The van der Waals surface area contributed by atoms with Gasteiger partial charge in [-0.2, -0.15) is 5.26 Å². The smallest absolute Gasteiger partial charge is 0.174 e. The van der Waals surface area contributed by atoms with Crippen LogP contribution < -0.4 is 4.90 Å². The molecule has 5 nitrogen and oxygen atoms in total. The summed E-state index contributed by atoms with van der Waals surface area (Å²) in [6, 6.07) is 10.6. The Hall–Kier alpha value is -3.13. The van der Waals surface area contributed by atoms with E-state index in [2.05, 4.69) is 50.0 Å². The predicted molar refractivity (Wildman–Crippen MR) is 103 cm³/mol. The lowest BCUT2D eigenvalue weighted by Crippen LogP contribution is -2.18. The Morgan fingerprint density at radius 3 is 2.92 bits per heavy atom. The fourth-order valence-electron chi connectivity index (χ4n) is 3.54. The van der Waals surface area contributed by atoms with Gasteiger partial charge in [-0.15, -0.1) is 10.2 Å². The molecule has 2 aliphatic rings. The van der Waals surface area contributed by atoms with Crippen molar-refractivity contribution in [3.05, 3.63) is 65.4 Å². The highest BCUT2D eigenvalue weighted by molar-refractivity contribution is 5.78. The Labute approximate surface area is 153 Å². The minimum absolute atomic E-state index is 0.554. The van der Waals surface area contributed by atoms with Gasteiger partial charge < -0.3 is 9.47 Å². The molecule has 0 atom stereocenters. The molecule has 0 saturated carbocycles. The van der Waals surface area contributed by atoms with Crippen molar-refractivity contribution < 1.29 is 0 Å². The number of aromatic nitrogens is 3. The van der Waals surface area contributed by atoms with Crippen LogP contribution in [0.25, 0.3) is 11.6 Å². The molecule has 130 valence electrons. The number of benzene rings is 1. The Kier molecular flexibility index (Phi) is 4.40. The van der Waals surface area contributed by atoms with Crippen LogP contribution in [0.15, 0.2) is 48.2 Å². The van der Waals surface area contributed by atoms with Gasteiger partial charge in [0.25, 0.3) is 0 Å².